The Hall–Kier alpha value is -1.42. The first-order valence-corrected chi connectivity index (χ1v) is 8.16. The molecule has 1 N–H and O–H groups in total. The van der Waals surface area contributed by atoms with Gasteiger partial charge in [-0.05, 0) is 48.9 Å². The molecule has 23 heavy (non-hydrogen) atoms. The highest BCUT2D eigenvalue weighted by Crippen LogP contribution is 2.41. The lowest BCUT2D eigenvalue weighted by atomic mass is 9.73. The number of hydrogen-bond donors (Lipinski definition) is 1. The summed E-state index contributed by atoms with van der Waals surface area (Å²) >= 11 is 0. The molecule has 3 aliphatic heterocycles. The van der Waals surface area contributed by atoms with Crippen molar-refractivity contribution in [1.82, 2.24) is 9.88 Å². The van der Waals surface area contributed by atoms with E-state index in [-0.39, 0.29) is 19.9 Å². The molecule has 0 amide bonds. The molecule has 5 unspecified atom stereocenters. The van der Waals surface area contributed by atoms with E-state index >= 15 is 0 Å². The predicted molar refractivity (Wildman–Crippen MR) is 89.6 cm³/mol. The summed E-state index contributed by atoms with van der Waals surface area (Å²) < 4.78 is 0. The van der Waals surface area contributed by atoms with Crippen LogP contribution < -0.4 is 12.4 Å². The first kappa shape index (κ1) is 16.4. The molecule has 0 spiro atoms. The standard InChI is InChI=1S/C19H22N2O.ClH/c1-2-13-12-21-10-8-14(13)11-18(21)19(22)16-7-9-20-17-6-4-3-5-15(16)17;/h2-7,9,13-14,18-19,22H,1,8,10-12H2;1H. The maximum absolute atomic E-state index is 11.0. The van der Waals surface area contributed by atoms with E-state index in [1.165, 1.54) is 6.42 Å². The summed E-state index contributed by atoms with van der Waals surface area (Å²) in [5.74, 6) is 1.27. The topological polar surface area (TPSA) is 36.4 Å². The minimum Gasteiger partial charge on any atom is -1.00 e. The van der Waals surface area contributed by atoms with Gasteiger partial charge in [0.1, 0.15) is 0 Å². The molecule has 1 aromatic carbocycles. The molecule has 5 rings (SSSR count). The third kappa shape index (κ3) is 2.78. The Morgan fingerprint density at radius 1 is 1.35 bits per heavy atom. The SMILES string of the molecule is C=CC1CN2CCC1CC2C(O)c1ccnc2ccccc12.[Cl-].[H+]. The van der Waals surface area contributed by atoms with Crippen molar-refractivity contribution in [3.05, 3.63) is 54.7 Å². The van der Waals surface area contributed by atoms with Crippen molar-refractivity contribution >= 4 is 10.9 Å². The van der Waals surface area contributed by atoms with Crippen molar-refractivity contribution < 1.29 is 18.9 Å². The Balaban J connectivity index is 0.00000104. The number of rotatable bonds is 3. The highest BCUT2D eigenvalue weighted by atomic mass is 35.5. The third-order valence-electron chi connectivity index (χ3n) is 5.52. The second-order valence-corrected chi connectivity index (χ2v) is 6.61. The van der Waals surface area contributed by atoms with Gasteiger partial charge in [-0.3, -0.25) is 9.88 Å². The van der Waals surface area contributed by atoms with Gasteiger partial charge in [0.15, 0.2) is 0 Å². The van der Waals surface area contributed by atoms with Gasteiger partial charge in [-0.25, -0.2) is 0 Å². The van der Waals surface area contributed by atoms with Crippen LogP contribution in [0, 0.1) is 11.8 Å². The zero-order valence-corrected chi connectivity index (χ0v) is 13.9. The molecule has 3 fully saturated rings. The Bertz CT molecular complexity index is 705. The molecule has 4 heteroatoms. The Kier molecular flexibility index (Phi) is 4.72. The molecule has 0 saturated carbocycles. The van der Waals surface area contributed by atoms with E-state index in [0.717, 1.165) is 36.0 Å². The molecule has 5 atom stereocenters. The highest BCUT2D eigenvalue weighted by Gasteiger charge is 2.42. The Labute approximate surface area is 144 Å². The van der Waals surface area contributed by atoms with Gasteiger partial charge in [0.2, 0.25) is 0 Å². The van der Waals surface area contributed by atoms with E-state index in [2.05, 4.69) is 28.6 Å². The van der Waals surface area contributed by atoms with Gasteiger partial charge in [-0.15, -0.1) is 6.58 Å². The van der Waals surface area contributed by atoms with Gasteiger partial charge in [0.25, 0.3) is 0 Å². The van der Waals surface area contributed by atoms with E-state index in [0.29, 0.717) is 11.8 Å². The van der Waals surface area contributed by atoms with Crippen LogP contribution in [-0.4, -0.2) is 34.1 Å². The average molecular weight is 331 g/mol. The molecule has 122 valence electrons. The fraction of sp³-hybridized carbons (Fsp3) is 0.421. The van der Waals surface area contributed by atoms with E-state index in [1.807, 2.05) is 30.5 Å². The van der Waals surface area contributed by atoms with Crippen LogP contribution in [0.5, 0.6) is 0 Å². The molecule has 4 heterocycles. The minimum absolute atomic E-state index is 0. The molecule has 2 aromatic rings. The van der Waals surface area contributed by atoms with E-state index in [4.69, 9.17) is 0 Å². The molecule has 3 saturated heterocycles. The highest BCUT2D eigenvalue weighted by molar-refractivity contribution is 5.82. The zero-order valence-electron chi connectivity index (χ0n) is 14.1. The van der Waals surface area contributed by atoms with Crippen LogP contribution in [0.25, 0.3) is 10.9 Å². The predicted octanol–water partition coefficient (Wildman–Crippen LogP) is 0.281. The number of piperidine rings is 3. The van der Waals surface area contributed by atoms with Crippen LogP contribution in [0.4, 0.5) is 0 Å². The fourth-order valence-electron chi connectivity index (χ4n) is 4.29. The van der Waals surface area contributed by atoms with Crippen molar-refractivity contribution in [1.29, 1.82) is 0 Å². The first-order valence-electron chi connectivity index (χ1n) is 8.16. The molecule has 3 nitrogen and oxygen atoms in total. The number of pyridine rings is 1. The number of halogens is 1. The Morgan fingerprint density at radius 2 is 2.17 bits per heavy atom. The third-order valence-corrected chi connectivity index (χ3v) is 5.52. The molecule has 0 aliphatic carbocycles. The molecular formula is C19H23ClN2O. The van der Waals surface area contributed by atoms with Gasteiger partial charge in [-0.2, -0.15) is 0 Å². The van der Waals surface area contributed by atoms with Gasteiger partial charge >= 0.3 is 1.43 Å². The number of benzene rings is 1. The largest absolute Gasteiger partial charge is 1.00 e. The van der Waals surface area contributed by atoms with Gasteiger partial charge in [0.05, 0.1) is 11.6 Å². The van der Waals surface area contributed by atoms with Crippen LogP contribution in [-0.2, 0) is 0 Å². The molecule has 1 aromatic heterocycles. The summed E-state index contributed by atoms with van der Waals surface area (Å²) in [6.45, 7) is 6.11. The van der Waals surface area contributed by atoms with Crippen molar-refractivity contribution in [2.45, 2.75) is 25.0 Å². The summed E-state index contributed by atoms with van der Waals surface area (Å²) in [5.41, 5.74) is 1.97. The second-order valence-electron chi connectivity index (χ2n) is 6.61. The van der Waals surface area contributed by atoms with Gasteiger partial charge in [-0.1, -0.05) is 24.3 Å². The van der Waals surface area contributed by atoms with Crippen molar-refractivity contribution in [2.75, 3.05) is 13.1 Å². The number of hydrogen-bond acceptors (Lipinski definition) is 3. The summed E-state index contributed by atoms with van der Waals surface area (Å²) in [6, 6.07) is 10.3. The molecule has 2 bridgehead atoms. The van der Waals surface area contributed by atoms with Crippen LogP contribution >= 0.6 is 0 Å². The van der Waals surface area contributed by atoms with Crippen LogP contribution in [0.15, 0.2) is 49.2 Å². The average Bonchev–Trinajstić information content (AvgIpc) is 2.60. The van der Waals surface area contributed by atoms with Crippen molar-refractivity contribution in [3.63, 3.8) is 0 Å². The minimum atomic E-state index is -0.443. The lowest BCUT2D eigenvalue weighted by Crippen LogP contribution is -3.00. The zero-order chi connectivity index (χ0) is 15.1. The van der Waals surface area contributed by atoms with E-state index < -0.39 is 6.10 Å². The summed E-state index contributed by atoms with van der Waals surface area (Å²) in [4.78, 5) is 6.86. The normalized spacial score (nSPS) is 30.7. The van der Waals surface area contributed by atoms with Gasteiger partial charge < -0.3 is 17.5 Å². The fourth-order valence-corrected chi connectivity index (χ4v) is 4.29. The molecule has 0 radical (unpaired) electrons. The summed E-state index contributed by atoms with van der Waals surface area (Å²) in [7, 11) is 0. The monoisotopic (exact) mass is 330 g/mol. The van der Waals surface area contributed by atoms with Gasteiger partial charge in [0, 0.05) is 24.2 Å². The van der Waals surface area contributed by atoms with Crippen molar-refractivity contribution in [2.24, 2.45) is 11.8 Å². The first-order chi connectivity index (χ1) is 10.8. The quantitative estimate of drug-likeness (QED) is 0.821. The number of aliphatic hydroxyl groups is 1. The summed E-state index contributed by atoms with van der Waals surface area (Å²) in [6.07, 6.45) is 5.76. The Morgan fingerprint density at radius 3 is 2.91 bits per heavy atom. The maximum atomic E-state index is 11.0. The van der Waals surface area contributed by atoms with Crippen LogP contribution in [0.1, 0.15) is 25.9 Å². The number of aliphatic hydroxyl groups excluding tert-OH is 1. The van der Waals surface area contributed by atoms with E-state index in [9.17, 15) is 5.11 Å². The number of nitrogens with zero attached hydrogens (tertiary/aromatic N) is 2. The second kappa shape index (κ2) is 6.60. The van der Waals surface area contributed by atoms with E-state index in [1.54, 1.807) is 0 Å². The summed E-state index contributed by atoms with van der Waals surface area (Å²) in [5, 5.41) is 12.1. The van der Waals surface area contributed by atoms with Crippen LogP contribution in [0.3, 0.4) is 0 Å². The maximum Gasteiger partial charge on any atom is 1.00 e. The lowest BCUT2D eigenvalue weighted by molar-refractivity contribution is -0.0444. The van der Waals surface area contributed by atoms with Crippen LogP contribution in [0.2, 0.25) is 0 Å². The molecular weight excluding hydrogens is 308 g/mol. The lowest BCUT2D eigenvalue weighted by Gasteiger charge is -2.50. The smallest absolute Gasteiger partial charge is 1.00 e. The number of fused-ring (bicyclic) bond motifs is 4. The number of para-hydroxylation sites is 1. The van der Waals surface area contributed by atoms with Crippen molar-refractivity contribution in [3.8, 4) is 0 Å². The number of aromatic nitrogens is 1. The molecule has 3 aliphatic rings.